The molecule has 2 aliphatic heterocycles. The molecule has 0 bridgehead atoms. The lowest BCUT2D eigenvalue weighted by molar-refractivity contribution is -0.155. The Morgan fingerprint density at radius 2 is 1.56 bits per heavy atom. The summed E-state index contributed by atoms with van der Waals surface area (Å²) in [5.74, 6) is -2.57. The number of imide groups is 1. The molecule has 0 aromatic heterocycles. The number of nitrogens with one attached hydrogen (secondary N) is 1. The number of nitrogens with zero attached hydrogens (tertiary/aromatic N) is 1. The molecular weight excluding hydrogens is 404 g/mol. The Kier molecular flexibility index (Phi) is 5.91. The van der Waals surface area contributed by atoms with Crippen molar-refractivity contribution in [2.45, 2.75) is 52.1 Å². The Morgan fingerprint density at radius 3 is 2.12 bits per heavy atom. The molecule has 0 saturated carbocycles. The SMILES string of the molecule is CCC[C@]1(C(=O)OCC)N[C@H](c2ccc(C)cc2)[C@@H]2C(=O)N(c3ccc(C)cc3)C(=O)[C@H]21. The molecule has 6 nitrogen and oxygen atoms in total. The summed E-state index contributed by atoms with van der Waals surface area (Å²) in [5, 5.41) is 3.43. The molecule has 4 rings (SSSR count). The Bertz CT molecular complexity index is 1030. The normalized spacial score (nSPS) is 27.0. The van der Waals surface area contributed by atoms with Gasteiger partial charge in [0.2, 0.25) is 11.8 Å². The number of carbonyl (C=O) groups is 3. The summed E-state index contributed by atoms with van der Waals surface area (Å²) >= 11 is 0. The standard InChI is InChI=1S/C26H30N2O4/c1-5-15-26(25(31)32-6-2)21-20(22(27-26)18-11-7-16(3)8-12-18)23(29)28(24(21)30)19-13-9-17(4)10-14-19/h7-14,20-22,27H,5-6,15H2,1-4H3/t20-,21+,22-,26+/m1/s1. The number of fused-ring (bicyclic) bond motifs is 1. The Balaban J connectivity index is 1.85. The summed E-state index contributed by atoms with van der Waals surface area (Å²) < 4.78 is 5.45. The van der Waals surface area contributed by atoms with Gasteiger partial charge in [0, 0.05) is 6.04 Å². The monoisotopic (exact) mass is 434 g/mol. The van der Waals surface area contributed by atoms with Crippen molar-refractivity contribution < 1.29 is 19.1 Å². The van der Waals surface area contributed by atoms with Gasteiger partial charge >= 0.3 is 5.97 Å². The molecule has 2 aliphatic rings. The van der Waals surface area contributed by atoms with Crippen LogP contribution in [-0.4, -0.2) is 29.9 Å². The van der Waals surface area contributed by atoms with E-state index in [-0.39, 0.29) is 18.4 Å². The minimum absolute atomic E-state index is 0.211. The lowest BCUT2D eigenvalue weighted by atomic mass is 9.77. The highest BCUT2D eigenvalue weighted by Gasteiger charge is 2.68. The smallest absolute Gasteiger partial charge is 0.327 e. The highest BCUT2D eigenvalue weighted by atomic mass is 16.5. The minimum Gasteiger partial charge on any atom is -0.465 e. The molecule has 2 amide bonds. The van der Waals surface area contributed by atoms with Gasteiger partial charge in [0.15, 0.2) is 0 Å². The molecule has 2 aromatic rings. The van der Waals surface area contributed by atoms with Crippen LogP contribution < -0.4 is 10.2 Å². The van der Waals surface area contributed by atoms with Gasteiger partial charge in [0.25, 0.3) is 0 Å². The summed E-state index contributed by atoms with van der Waals surface area (Å²) in [4.78, 5) is 42.1. The predicted octanol–water partition coefficient (Wildman–Crippen LogP) is 3.86. The van der Waals surface area contributed by atoms with Crippen molar-refractivity contribution in [1.29, 1.82) is 0 Å². The van der Waals surface area contributed by atoms with Gasteiger partial charge < -0.3 is 4.74 Å². The number of amides is 2. The van der Waals surface area contributed by atoms with Crippen LogP contribution in [0.4, 0.5) is 5.69 Å². The Labute approximate surface area is 188 Å². The zero-order chi connectivity index (χ0) is 23.0. The van der Waals surface area contributed by atoms with E-state index < -0.39 is 29.4 Å². The molecule has 0 unspecified atom stereocenters. The highest BCUT2D eigenvalue weighted by molar-refractivity contribution is 6.24. The number of benzene rings is 2. The zero-order valence-electron chi connectivity index (χ0n) is 19.1. The van der Waals surface area contributed by atoms with Crippen LogP contribution in [0.25, 0.3) is 0 Å². The van der Waals surface area contributed by atoms with E-state index in [2.05, 4.69) is 5.32 Å². The largest absolute Gasteiger partial charge is 0.465 e. The van der Waals surface area contributed by atoms with E-state index in [1.54, 1.807) is 19.1 Å². The van der Waals surface area contributed by atoms with Crippen LogP contribution in [0.5, 0.6) is 0 Å². The average Bonchev–Trinajstić information content (AvgIpc) is 3.25. The average molecular weight is 435 g/mol. The Morgan fingerprint density at radius 1 is 0.969 bits per heavy atom. The first-order valence-corrected chi connectivity index (χ1v) is 11.3. The van der Waals surface area contributed by atoms with Crippen LogP contribution in [0.2, 0.25) is 0 Å². The molecule has 2 aromatic carbocycles. The van der Waals surface area contributed by atoms with Crippen molar-refractivity contribution in [3.05, 3.63) is 65.2 Å². The summed E-state index contributed by atoms with van der Waals surface area (Å²) in [6, 6.07) is 14.8. The first-order chi connectivity index (χ1) is 15.3. The second-order valence-corrected chi connectivity index (χ2v) is 8.83. The molecule has 1 N–H and O–H groups in total. The van der Waals surface area contributed by atoms with Crippen molar-refractivity contribution in [3.8, 4) is 0 Å². The molecule has 32 heavy (non-hydrogen) atoms. The number of rotatable bonds is 6. The van der Waals surface area contributed by atoms with E-state index in [4.69, 9.17) is 4.74 Å². The molecule has 0 radical (unpaired) electrons. The van der Waals surface area contributed by atoms with Gasteiger partial charge in [0.1, 0.15) is 5.54 Å². The van der Waals surface area contributed by atoms with Gasteiger partial charge in [-0.15, -0.1) is 0 Å². The van der Waals surface area contributed by atoms with Gasteiger partial charge in [-0.2, -0.15) is 0 Å². The second-order valence-electron chi connectivity index (χ2n) is 8.83. The molecule has 2 heterocycles. The summed E-state index contributed by atoms with van der Waals surface area (Å²) in [6.07, 6.45) is 1.08. The Hall–Kier alpha value is -2.99. The maximum absolute atomic E-state index is 13.8. The van der Waals surface area contributed by atoms with Crippen molar-refractivity contribution in [2.24, 2.45) is 11.8 Å². The number of hydrogen-bond acceptors (Lipinski definition) is 5. The van der Waals surface area contributed by atoms with Gasteiger partial charge in [-0.25, -0.2) is 4.90 Å². The second kappa shape index (κ2) is 8.51. The van der Waals surface area contributed by atoms with E-state index in [1.807, 2.05) is 57.2 Å². The van der Waals surface area contributed by atoms with Crippen molar-refractivity contribution in [3.63, 3.8) is 0 Å². The lowest BCUT2D eigenvalue weighted by Crippen LogP contribution is -2.56. The van der Waals surface area contributed by atoms with E-state index in [1.165, 1.54) is 4.90 Å². The molecule has 0 aliphatic carbocycles. The fraction of sp³-hybridized carbons (Fsp3) is 0.423. The van der Waals surface area contributed by atoms with Crippen LogP contribution >= 0.6 is 0 Å². The quantitative estimate of drug-likeness (QED) is 0.552. The summed E-state index contributed by atoms with van der Waals surface area (Å²) in [5.41, 5.74) is 2.33. The van der Waals surface area contributed by atoms with Crippen LogP contribution in [0.15, 0.2) is 48.5 Å². The molecule has 2 saturated heterocycles. The highest BCUT2D eigenvalue weighted by Crippen LogP contribution is 2.51. The molecule has 168 valence electrons. The molecule has 0 spiro atoms. The van der Waals surface area contributed by atoms with E-state index >= 15 is 0 Å². The molecule has 4 atom stereocenters. The predicted molar refractivity (Wildman–Crippen MR) is 122 cm³/mol. The van der Waals surface area contributed by atoms with Gasteiger partial charge in [-0.05, 0) is 44.9 Å². The summed E-state index contributed by atoms with van der Waals surface area (Å²) in [6.45, 7) is 7.88. The number of hydrogen-bond donors (Lipinski definition) is 1. The minimum atomic E-state index is -1.24. The van der Waals surface area contributed by atoms with Gasteiger partial charge in [-0.3, -0.25) is 19.7 Å². The third kappa shape index (κ3) is 3.43. The first-order valence-electron chi connectivity index (χ1n) is 11.3. The third-order valence-corrected chi connectivity index (χ3v) is 6.67. The molecule has 2 fully saturated rings. The maximum Gasteiger partial charge on any atom is 0.327 e. The van der Waals surface area contributed by atoms with Crippen LogP contribution in [0, 0.1) is 25.7 Å². The number of ether oxygens (including phenoxy) is 1. The van der Waals surface area contributed by atoms with E-state index in [0.717, 1.165) is 16.7 Å². The van der Waals surface area contributed by atoms with E-state index in [0.29, 0.717) is 18.5 Å². The van der Waals surface area contributed by atoms with Crippen LogP contribution in [0.3, 0.4) is 0 Å². The fourth-order valence-corrected chi connectivity index (χ4v) is 5.18. The molecular formula is C26H30N2O4. The topological polar surface area (TPSA) is 75.7 Å². The third-order valence-electron chi connectivity index (χ3n) is 6.67. The number of esters is 1. The van der Waals surface area contributed by atoms with E-state index in [9.17, 15) is 14.4 Å². The molecule has 6 heteroatoms. The van der Waals surface area contributed by atoms with Crippen LogP contribution in [0.1, 0.15) is 49.4 Å². The maximum atomic E-state index is 13.8. The lowest BCUT2D eigenvalue weighted by Gasteiger charge is -2.32. The number of anilines is 1. The van der Waals surface area contributed by atoms with Gasteiger partial charge in [0.05, 0.1) is 24.1 Å². The zero-order valence-corrected chi connectivity index (χ0v) is 19.1. The van der Waals surface area contributed by atoms with Crippen molar-refractivity contribution >= 4 is 23.5 Å². The number of aryl methyl sites for hydroxylation is 2. The van der Waals surface area contributed by atoms with Gasteiger partial charge in [-0.1, -0.05) is 60.9 Å². The summed E-state index contributed by atoms with van der Waals surface area (Å²) in [7, 11) is 0. The van der Waals surface area contributed by atoms with Crippen LogP contribution in [-0.2, 0) is 19.1 Å². The van der Waals surface area contributed by atoms with Crippen molar-refractivity contribution in [1.82, 2.24) is 5.32 Å². The fourth-order valence-electron chi connectivity index (χ4n) is 5.18. The number of carbonyl (C=O) groups excluding carboxylic acids is 3. The first kappa shape index (κ1) is 22.2. The van der Waals surface area contributed by atoms with Crippen molar-refractivity contribution in [2.75, 3.05) is 11.5 Å².